The van der Waals surface area contributed by atoms with E-state index in [0.717, 1.165) is 0 Å². The Morgan fingerprint density at radius 1 is 1.33 bits per heavy atom. The summed E-state index contributed by atoms with van der Waals surface area (Å²) in [6.45, 7) is 0. The fraction of sp³-hybridized carbons (Fsp3) is 0. The zero-order valence-corrected chi connectivity index (χ0v) is 7.77. The molecule has 0 saturated carbocycles. The summed E-state index contributed by atoms with van der Waals surface area (Å²) in [5.41, 5.74) is 1.44. The molecule has 0 spiro atoms. The Labute approximate surface area is 85.8 Å². The fourth-order valence-electron chi connectivity index (χ4n) is 1.24. The van der Waals surface area contributed by atoms with Crippen molar-refractivity contribution in [2.24, 2.45) is 0 Å². The first kappa shape index (κ1) is 9.16. The third-order valence-corrected chi connectivity index (χ3v) is 1.91. The van der Waals surface area contributed by atoms with E-state index in [4.69, 9.17) is 5.26 Å². The minimum absolute atomic E-state index is 0.0899. The van der Waals surface area contributed by atoms with Crippen molar-refractivity contribution in [1.82, 2.24) is 9.97 Å². The summed E-state index contributed by atoms with van der Waals surface area (Å²) in [5.74, 6) is 0. The Balaban J connectivity index is 2.55. The summed E-state index contributed by atoms with van der Waals surface area (Å²) in [6, 6.07) is 9.91. The molecule has 72 valence electrons. The third-order valence-electron chi connectivity index (χ3n) is 1.91. The van der Waals surface area contributed by atoms with Crippen molar-refractivity contribution in [3.63, 3.8) is 0 Å². The van der Waals surface area contributed by atoms with Gasteiger partial charge in [-0.2, -0.15) is 5.26 Å². The van der Waals surface area contributed by atoms with Crippen LogP contribution in [-0.4, -0.2) is 9.97 Å². The zero-order valence-electron chi connectivity index (χ0n) is 7.77. The molecule has 4 nitrogen and oxygen atoms in total. The van der Waals surface area contributed by atoms with E-state index in [1.54, 1.807) is 24.4 Å². The topological polar surface area (TPSA) is 69.5 Å². The van der Waals surface area contributed by atoms with Crippen molar-refractivity contribution in [3.05, 3.63) is 52.4 Å². The van der Waals surface area contributed by atoms with E-state index in [2.05, 4.69) is 9.97 Å². The number of nitriles is 1. The second-order valence-corrected chi connectivity index (χ2v) is 2.96. The largest absolute Gasteiger partial charge is 0.360 e. The van der Waals surface area contributed by atoms with Crippen molar-refractivity contribution in [3.8, 4) is 17.5 Å². The normalized spacial score (nSPS) is 9.53. The Morgan fingerprint density at radius 2 is 2.20 bits per heavy atom. The van der Waals surface area contributed by atoms with E-state index in [1.165, 1.54) is 12.1 Å². The molecule has 0 aliphatic carbocycles. The summed E-state index contributed by atoms with van der Waals surface area (Å²) < 4.78 is 0. The van der Waals surface area contributed by atoms with Crippen molar-refractivity contribution < 1.29 is 0 Å². The number of pyridine rings is 2. The maximum atomic E-state index is 11.1. The number of nitrogens with one attached hydrogen (secondary N) is 1. The highest BCUT2D eigenvalue weighted by molar-refractivity contribution is 5.54. The lowest BCUT2D eigenvalue weighted by Crippen LogP contribution is -1.99. The molecule has 0 aliphatic rings. The molecule has 0 atom stereocenters. The minimum atomic E-state index is -0.0899. The molecule has 0 bridgehead atoms. The monoisotopic (exact) mass is 197 g/mol. The Morgan fingerprint density at radius 3 is 2.93 bits per heavy atom. The molecule has 0 radical (unpaired) electrons. The molecule has 0 fully saturated rings. The average Bonchev–Trinajstić information content (AvgIpc) is 2.29. The van der Waals surface area contributed by atoms with Crippen LogP contribution in [0.2, 0.25) is 0 Å². The quantitative estimate of drug-likeness (QED) is 0.749. The number of H-pyrrole nitrogens is 1. The van der Waals surface area contributed by atoms with Crippen molar-refractivity contribution in [1.29, 1.82) is 5.26 Å². The van der Waals surface area contributed by atoms with Gasteiger partial charge in [0.1, 0.15) is 11.8 Å². The molecule has 0 saturated heterocycles. The number of aromatic amines is 1. The third kappa shape index (κ3) is 1.92. The lowest BCUT2D eigenvalue weighted by Gasteiger charge is -1.99. The van der Waals surface area contributed by atoms with E-state index in [1.807, 2.05) is 6.07 Å². The number of aromatic nitrogens is 2. The number of hydrogen-bond donors (Lipinski definition) is 1. The molecule has 2 heterocycles. The molecule has 15 heavy (non-hydrogen) atoms. The van der Waals surface area contributed by atoms with Crippen LogP contribution in [0.5, 0.6) is 0 Å². The molecule has 4 heteroatoms. The van der Waals surface area contributed by atoms with Crippen LogP contribution in [0.15, 0.2) is 41.3 Å². The van der Waals surface area contributed by atoms with Crippen LogP contribution in [0.1, 0.15) is 5.69 Å². The van der Waals surface area contributed by atoms with Crippen molar-refractivity contribution >= 4 is 0 Å². The summed E-state index contributed by atoms with van der Waals surface area (Å²) in [7, 11) is 0. The maximum Gasteiger partial charge on any atom is 0.182 e. The molecule has 0 unspecified atom stereocenters. The summed E-state index contributed by atoms with van der Waals surface area (Å²) in [4.78, 5) is 18.1. The van der Waals surface area contributed by atoms with Crippen LogP contribution < -0.4 is 5.43 Å². The van der Waals surface area contributed by atoms with Gasteiger partial charge in [0.2, 0.25) is 0 Å². The highest BCUT2D eigenvalue weighted by Gasteiger charge is 2.00. The number of nitrogens with zero attached hydrogens (tertiary/aromatic N) is 2. The van der Waals surface area contributed by atoms with Gasteiger partial charge in [0, 0.05) is 18.3 Å². The van der Waals surface area contributed by atoms with Gasteiger partial charge < -0.3 is 4.98 Å². The first-order valence-electron chi connectivity index (χ1n) is 4.36. The summed E-state index contributed by atoms with van der Waals surface area (Å²) in [5, 5.41) is 8.68. The molecular formula is C11H7N3O. The van der Waals surface area contributed by atoms with Gasteiger partial charge in [-0.05, 0) is 12.1 Å². The van der Waals surface area contributed by atoms with Gasteiger partial charge in [0.05, 0.1) is 11.4 Å². The van der Waals surface area contributed by atoms with E-state index in [-0.39, 0.29) is 5.43 Å². The maximum absolute atomic E-state index is 11.1. The predicted octanol–water partition coefficient (Wildman–Crippen LogP) is 1.31. The molecule has 1 N–H and O–H groups in total. The summed E-state index contributed by atoms with van der Waals surface area (Å²) >= 11 is 0. The minimum Gasteiger partial charge on any atom is -0.360 e. The Kier molecular flexibility index (Phi) is 2.30. The van der Waals surface area contributed by atoms with Crippen LogP contribution in [0, 0.1) is 11.3 Å². The van der Waals surface area contributed by atoms with E-state index in [0.29, 0.717) is 17.1 Å². The lowest BCUT2D eigenvalue weighted by molar-refractivity contribution is 1.21. The molecule has 0 aliphatic heterocycles. The standard InChI is InChI=1S/C11H7N3O/c12-7-8-2-1-3-10(14-8)11-6-9(15)4-5-13-11/h1-6H,(H,13,15). The van der Waals surface area contributed by atoms with Crippen LogP contribution in [0.25, 0.3) is 11.4 Å². The Hall–Kier alpha value is -2.41. The van der Waals surface area contributed by atoms with Gasteiger partial charge in [-0.3, -0.25) is 4.79 Å². The van der Waals surface area contributed by atoms with Crippen LogP contribution >= 0.6 is 0 Å². The highest BCUT2D eigenvalue weighted by Crippen LogP contribution is 2.11. The zero-order chi connectivity index (χ0) is 10.7. The molecule has 2 aromatic rings. The molecule has 0 aromatic carbocycles. The molecular weight excluding hydrogens is 190 g/mol. The first-order valence-corrected chi connectivity index (χ1v) is 4.36. The van der Waals surface area contributed by atoms with Gasteiger partial charge in [-0.15, -0.1) is 0 Å². The SMILES string of the molecule is N#Cc1cccc(-c2cc(=O)cc[nH]2)n1. The lowest BCUT2D eigenvalue weighted by atomic mass is 10.2. The fourth-order valence-corrected chi connectivity index (χ4v) is 1.24. The van der Waals surface area contributed by atoms with Gasteiger partial charge >= 0.3 is 0 Å². The van der Waals surface area contributed by atoms with Crippen LogP contribution in [0.3, 0.4) is 0 Å². The van der Waals surface area contributed by atoms with E-state index < -0.39 is 0 Å². The van der Waals surface area contributed by atoms with Gasteiger partial charge in [0.15, 0.2) is 5.43 Å². The van der Waals surface area contributed by atoms with E-state index in [9.17, 15) is 4.79 Å². The number of rotatable bonds is 1. The first-order chi connectivity index (χ1) is 7.29. The van der Waals surface area contributed by atoms with Gasteiger partial charge in [-0.1, -0.05) is 6.07 Å². The van der Waals surface area contributed by atoms with Gasteiger partial charge in [0.25, 0.3) is 0 Å². The molecule has 2 aromatic heterocycles. The molecule has 2 rings (SSSR count). The highest BCUT2D eigenvalue weighted by atomic mass is 16.1. The van der Waals surface area contributed by atoms with Crippen LogP contribution in [0.4, 0.5) is 0 Å². The van der Waals surface area contributed by atoms with Crippen molar-refractivity contribution in [2.45, 2.75) is 0 Å². The molecule has 0 amide bonds. The average molecular weight is 197 g/mol. The smallest absolute Gasteiger partial charge is 0.182 e. The van der Waals surface area contributed by atoms with Gasteiger partial charge in [-0.25, -0.2) is 4.98 Å². The van der Waals surface area contributed by atoms with Crippen molar-refractivity contribution in [2.75, 3.05) is 0 Å². The second-order valence-electron chi connectivity index (χ2n) is 2.96. The Bertz CT molecular complexity index is 581. The van der Waals surface area contributed by atoms with E-state index >= 15 is 0 Å². The predicted molar refractivity (Wildman–Crippen MR) is 55.0 cm³/mol. The van der Waals surface area contributed by atoms with Crippen LogP contribution in [-0.2, 0) is 0 Å². The second kappa shape index (κ2) is 3.76. The number of hydrogen-bond acceptors (Lipinski definition) is 3. The summed E-state index contributed by atoms with van der Waals surface area (Å²) in [6.07, 6.45) is 1.55.